The second-order valence-corrected chi connectivity index (χ2v) is 8.50. The van der Waals surface area contributed by atoms with Crippen molar-refractivity contribution in [3.63, 3.8) is 0 Å². The number of nitrogens with one attached hydrogen (secondary N) is 1. The van der Waals surface area contributed by atoms with Crippen LogP contribution in [0.5, 0.6) is 0 Å². The quantitative estimate of drug-likeness (QED) is 0.362. The van der Waals surface area contributed by atoms with E-state index in [1.54, 1.807) is 29.5 Å². The number of fused-ring (bicyclic) bond motifs is 1. The topological polar surface area (TPSA) is 42.0 Å². The first-order chi connectivity index (χ1) is 13.0. The number of carbonyl (C=O) groups excluding carboxylic acids is 1. The molecule has 0 fully saturated rings. The van der Waals surface area contributed by atoms with E-state index >= 15 is 0 Å². The van der Waals surface area contributed by atoms with Crippen LogP contribution in [-0.2, 0) is 0 Å². The zero-order valence-corrected chi connectivity index (χ0v) is 17.5. The molecular formula is C21H14BrClN2OS. The molecule has 4 aromatic rings. The summed E-state index contributed by atoms with van der Waals surface area (Å²) in [4.78, 5) is 17.2. The van der Waals surface area contributed by atoms with Crippen molar-refractivity contribution < 1.29 is 4.79 Å². The summed E-state index contributed by atoms with van der Waals surface area (Å²) in [5.74, 6) is -0.246. The molecule has 134 valence electrons. The van der Waals surface area contributed by atoms with E-state index in [0.717, 1.165) is 20.6 Å². The molecule has 0 bridgehead atoms. The smallest absolute Gasteiger partial charge is 0.257 e. The first-order valence-corrected chi connectivity index (χ1v) is 10.2. The highest BCUT2D eigenvalue weighted by atomic mass is 79.9. The molecule has 0 spiro atoms. The lowest BCUT2D eigenvalue weighted by Gasteiger charge is -2.08. The number of hydrogen-bond acceptors (Lipinski definition) is 3. The van der Waals surface area contributed by atoms with Crippen LogP contribution in [0, 0.1) is 6.92 Å². The molecule has 0 aliphatic heterocycles. The van der Waals surface area contributed by atoms with Gasteiger partial charge in [0.25, 0.3) is 5.91 Å². The lowest BCUT2D eigenvalue weighted by Crippen LogP contribution is -2.12. The summed E-state index contributed by atoms with van der Waals surface area (Å²) in [5.41, 5.74) is 4.38. The van der Waals surface area contributed by atoms with E-state index in [0.29, 0.717) is 16.3 Å². The van der Waals surface area contributed by atoms with E-state index in [1.165, 1.54) is 10.3 Å². The Labute approximate surface area is 174 Å². The summed E-state index contributed by atoms with van der Waals surface area (Å²) in [6.45, 7) is 2.08. The molecule has 3 nitrogen and oxygen atoms in total. The van der Waals surface area contributed by atoms with Gasteiger partial charge in [0.05, 0.1) is 20.8 Å². The summed E-state index contributed by atoms with van der Waals surface area (Å²) in [7, 11) is 0. The van der Waals surface area contributed by atoms with E-state index in [9.17, 15) is 4.79 Å². The molecule has 0 radical (unpaired) electrons. The largest absolute Gasteiger partial charge is 0.322 e. The molecule has 0 unspecified atom stereocenters. The number of carbonyl (C=O) groups is 1. The Morgan fingerprint density at radius 1 is 1.07 bits per heavy atom. The zero-order chi connectivity index (χ0) is 19.0. The first kappa shape index (κ1) is 18.2. The standard InChI is InChI=1S/C21H14BrClN2OS/c1-12-2-9-18-19(10-12)27-21(25-18)13-3-6-15(7-4-13)24-20(26)16-11-14(22)5-8-17(16)23/h2-11H,1H3,(H,24,26). The number of halogens is 2. The minimum absolute atomic E-state index is 0.246. The molecule has 1 amide bonds. The van der Waals surface area contributed by atoms with Crippen LogP contribution >= 0.6 is 38.9 Å². The fourth-order valence-corrected chi connectivity index (χ4v) is 4.36. The Bertz CT molecular complexity index is 1150. The number of aryl methyl sites for hydroxylation is 1. The normalized spacial score (nSPS) is 10.9. The molecule has 1 aromatic heterocycles. The molecule has 0 aliphatic carbocycles. The van der Waals surface area contributed by atoms with Crippen LogP contribution in [0.1, 0.15) is 15.9 Å². The van der Waals surface area contributed by atoms with Gasteiger partial charge in [0.2, 0.25) is 0 Å². The predicted octanol–water partition coefficient (Wildman–Crippen LogP) is 6.94. The van der Waals surface area contributed by atoms with Gasteiger partial charge in [-0.3, -0.25) is 4.79 Å². The fourth-order valence-electron chi connectivity index (χ4n) is 2.72. The van der Waals surface area contributed by atoms with Gasteiger partial charge in [-0.15, -0.1) is 11.3 Å². The van der Waals surface area contributed by atoms with Crippen LogP contribution in [0.2, 0.25) is 5.02 Å². The van der Waals surface area contributed by atoms with E-state index in [1.807, 2.05) is 30.3 Å². The summed E-state index contributed by atoms with van der Waals surface area (Å²) >= 11 is 11.1. The number of anilines is 1. The third-order valence-electron chi connectivity index (χ3n) is 4.11. The Morgan fingerprint density at radius 2 is 1.85 bits per heavy atom. The van der Waals surface area contributed by atoms with Crippen LogP contribution in [0.15, 0.2) is 65.1 Å². The fraction of sp³-hybridized carbons (Fsp3) is 0.0476. The van der Waals surface area contributed by atoms with Gasteiger partial charge in [-0.1, -0.05) is 33.6 Å². The molecule has 4 rings (SSSR count). The Hall–Kier alpha value is -2.21. The third-order valence-corrected chi connectivity index (χ3v) is 6.00. The molecule has 27 heavy (non-hydrogen) atoms. The van der Waals surface area contributed by atoms with Crippen LogP contribution in [-0.4, -0.2) is 10.9 Å². The Morgan fingerprint density at radius 3 is 2.63 bits per heavy atom. The number of hydrogen-bond donors (Lipinski definition) is 1. The van der Waals surface area contributed by atoms with Gasteiger partial charge in [-0.25, -0.2) is 4.98 Å². The second kappa shape index (κ2) is 7.43. The maximum absolute atomic E-state index is 12.5. The van der Waals surface area contributed by atoms with Gasteiger partial charge < -0.3 is 5.32 Å². The summed E-state index contributed by atoms with van der Waals surface area (Å²) < 4.78 is 1.98. The van der Waals surface area contributed by atoms with E-state index < -0.39 is 0 Å². The van der Waals surface area contributed by atoms with E-state index in [-0.39, 0.29) is 5.91 Å². The van der Waals surface area contributed by atoms with Crippen molar-refractivity contribution in [2.75, 3.05) is 5.32 Å². The Kier molecular flexibility index (Phi) is 5.00. The van der Waals surface area contributed by atoms with Crippen LogP contribution in [0.3, 0.4) is 0 Å². The van der Waals surface area contributed by atoms with Gasteiger partial charge >= 0.3 is 0 Å². The summed E-state index contributed by atoms with van der Waals surface area (Å²) in [6, 6.07) is 19.1. The van der Waals surface area contributed by atoms with Crippen LogP contribution in [0.4, 0.5) is 5.69 Å². The molecule has 6 heteroatoms. The maximum Gasteiger partial charge on any atom is 0.257 e. The van der Waals surface area contributed by atoms with Gasteiger partial charge in [-0.2, -0.15) is 0 Å². The Balaban J connectivity index is 1.56. The van der Waals surface area contributed by atoms with Crippen molar-refractivity contribution in [2.45, 2.75) is 6.92 Å². The molecule has 3 aromatic carbocycles. The molecular weight excluding hydrogens is 444 g/mol. The number of nitrogens with zero attached hydrogens (tertiary/aromatic N) is 1. The van der Waals surface area contributed by atoms with Crippen LogP contribution in [0.25, 0.3) is 20.8 Å². The molecule has 0 saturated heterocycles. The molecule has 0 saturated carbocycles. The van der Waals surface area contributed by atoms with Gasteiger partial charge in [0.1, 0.15) is 5.01 Å². The molecule has 1 N–H and O–H groups in total. The first-order valence-electron chi connectivity index (χ1n) is 8.23. The highest BCUT2D eigenvalue weighted by Crippen LogP contribution is 2.31. The second-order valence-electron chi connectivity index (χ2n) is 6.15. The number of rotatable bonds is 3. The highest BCUT2D eigenvalue weighted by molar-refractivity contribution is 9.10. The zero-order valence-electron chi connectivity index (χ0n) is 14.3. The highest BCUT2D eigenvalue weighted by Gasteiger charge is 2.12. The number of aromatic nitrogens is 1. The van der Waals surface area contributed by atoms with Crippen molar-refractivity contribution in [1.29, 1.82) is 0 Å². The van der Waals surface area contributed by atoms with Crippen molar-refractivity contribution in [2.24, 2.45) is 0 Å². The summed E-state index contributed by atoms with van der Waals surface area (Å²) in [6.07, 6.45) is 0. The minimum atomic E-state index is -0.246. The average Bonchev–Trinajstić information content (AvgIpc) is 3.07. The van der Waals surface area contributed by atoms with E-state index in [2.05, 4.69) is 40.3 Å². The van der Waals surface area contributed by atoms with E-state index in [4.69, 9.17) is 16.6 Å². The van der Waals surface area contributed by atoms with Crippen molar-refractivity contribution in [3.05, 3.63) is 81.3 Å². The lowest BCUT2D eigenvalue weighted by atomic mass is 10.2. The third kappa shape index (κ3) is 3.90. The van der Waals surface area contributed by atoms with Crippen molar-refractivity contribution >= 4 is 60.7 Å². The van der Waals surface area contributed by atoms with Crippen molar-refractivity contribution in [3.8, 4) is 10.6 Å². The number of amides is 1. The maximum atomic E-state index is 12.5. The number of thiazole rings is 1. The monoisotopic (exact) mass is 456 g/mol. The minimum Gasteiger partial charge on any atom is -0.322 e. The van der Waals surface area contributed by atoms with Gasteiger partial charge in [0.15, 0.2) is 0 Å². The van der Waals surface area contributed by atoms with Crippen molar-refractivity contribution in [1.82, 2.24) is 4.98 Å². The molecule has 0 aliphatic rings. The predicted molar refractivity (Wildman–Crippen MR) is 117 cm³/mol. The molecule has 0 atom stereocenters. The molecule has 1 heterocycles. The SMILES string of the molecule is Cc1ccc2nc(-c3ccc(NC(=O)c4cc(Br)ccc4Cl)cc3)sc2c1. The summed E-state index contributed by atoms with van der Waals surface area (Å²) in [5, 5.41) is 4.25. The van der Waals surface area contributed by atoms with Gasteiger partial charge in [0, 0.05) is 15.7 Å². The lowest BCUT2D eigenvalue weighted by molar-refractivity contribution is 0.102. The average molecular weight is 458 g/mol. The number of benzene rings is 3. The van der Waals surface area contributed by atoms with Crippen LogP contribution < -0.4 is 5.32 Å². The van der Waals surface area contributed by atoms with Gasteiger partial charge in [-0.05, 0) is 67.1 Å².